The Hall–Kier alpha value is -1.74. The van der Waals surface area contributed by atoms with Gasteiger partial charge in [0.25, 0.3) is 0 Å². The Bertz CT molecular complexity index is 529. The number of hydrogen-bond donors (Lipinski definition) is 0. The highest BCUT2D eigenvalue weighted by atomic mass is 35.5. The third kappa shape index (κ3) is 2.50. The molecule has 0 unspecified atom stereocenters. The van der Waals surface area contributed by atoms with Gasteiger partial charge in [-0.25, -0.2) is 0 Å². The molecule has 0 aliphatic carbocycles. The Labute approximate surface area is 105 Å². The largest absolute Gasteiger partial charge is 0.491 e. The minimum Gasteiger partial charge on any atom is -0.491 e. The van der Waals surface area contributed by atoms with E-state index < -0.39 is 0 Å². The number of benzene rings is 1. The zero-order valence-corrected chi connectivity index (χ0v) is 10.4. The van der Waals surface area contributed by atoms with Gasteiger partial charge in [-0.05, 0) is 18.6 Å². The van der Waals surface area contributed by atoms with Crippen LogP contribution < -0.4 is 9.47 Å². The van der Waals surface area contributed by atoms with E-state index in [0.717, 1.165) is 11.3 Å². The van der Waals surface area contributed by atoms with Crippen molar-refractivity contribution in [3.05, 3.63) is 47.2 Å². The molecule has 1 aromatic carbocycles. The predicted octanol–water partition coefficient (Wildman–Crippen LogP) is 3.84. The van der Waals surface area contributed by atoms with Gasteiger partial charge in [0.1, 0.15) is 10.8 Å². The Balaban J connectivity index is 2.37. The molecule has 88 valence electrons. The van der Waals surface area contributed by atoms with Crippen LogP contribution in [0.5, 0.6) is 17.2 Å². The second-order valence-corrected chi connectivity index (χ2v) is 3.93. The first-order valence-corrected chi connectivity index (χ1v) is 5.51. The van der Waals surface area contributed by atoms with Gasteiger partial charge >= 0.3 is 0 Å². The fourth-order valence-corrected chi connectivity index (χ4v) is 1.69. The molecule has 4 heteroatoms. The van der Waals surface area contributed by atoms with E-state index in [1.165, 1.54) is 6.20 Å². The highest BCUT2D eigenvalue weighted by molar-refractivity contribution is 6.32. The SMILES string of the molecule is COc1c(Cl)cncc1Oc1ccccc1C. The Kier molecular flexibility index (Phi) is 3.49. The third-order valence-corrected chi connectivity index (χ3v) is 2.61. The molecule has 0 bridgehead atoms. The summed E-state index contributed by atoms with van der Waals surface area (Å²) in [7, 11) is 1.55. The van der Waals surface area contributed by atoms with Crippen molar-refractivity contribution in [1.82, 2.24) is 4.98 Å². The van der Waals surface area contributed by atoms with E-state index in [9.17, 15) is 0 Å². The summed E-state index contributed by atoms with van der Waals surface area (Å²) in [6.45, 7) is 1.97. The van der Waals surface area contributed by atoms with Crippen molar-refractivity contribution in [2.75, 3.05) is 7.11 Å². The first-order valence-electron chi connectivity index (χ1n) is 5.13. The van der Waals surface area contributed by atoms with Crippen LogP contribution in [0, 0.1) is 6.92 Å². The molecule has 0 aliphatic heterocycles. The molecule has 0 spiro atoms. The molecular weight excluding hydrogens is 238 g/mol. The average molecular weight is 250 g/mol. The topological polar surface area (TPSA) is 31.4 Å². The maximum atomic E-state index is 5.97. The van der Waals surface area contributed by atoms with E-state index >= 15 is 0 Å². The zero-order valence-electron chi connectivity index (χ0n) is 9.61. The van der Waals surface area contributed by atoms with E-state index in [4.69, 9.17) is 21.1 Å². The van der Waals surface area contributed by atoms with Gasteiger partial charge in [0, 0.05) is 6.20 Å². The van der Waals surface area contributed by atoms with Crippen LogP contribution in [-0.2, 0) is 0 Å². The van der Waals surface area contributed by atoms with Crippen LogP contribution in [0.15, 0.2) is 36.7 Å². The molecule has 0 aliphatic rings. The van der Waals surface area contributed by atoms with Gasteiger partial charge < -0.3 is 9.47 Å². The Morgan fingerprint density at radius 2 is 1.88 bits per heavy atom. The molecule has 0 saturated carbocycles. The number of hydrogen-bond acceptors (Lipinski definition) is 3. The van der Waals surface area contributed by atoms with Crippen LogP contribution in [0.3, 0.4) is 0 Å². The molecule has 17 heavy (non-hydrogen) atoms. The van der Waals surface area contributed by atoms with Gasteiger partial charge in [0.05, 0.1) is 13.3 Å². The van der Waals surface area contributed by atoms with Crippen molar-refractivity contribution in [2.45, 2.75) is 6.92 Å². The molecule has 0 radical (unpaired) electrons. The summed E-state index contributed by atoms with van der Waals surface area (Å²) in [5.74, 6) is 1.76. The fraction of sp³-hybridized carbons (Fsp3) is 0.154. The molecule has 0 fully saturated rings. The first-order chi connectivity index (χ1) is 8.22. The van der Waals surface area contributed by atoms with Gasteiger partial charge in [-0.2, -0.15) is 0 Å². The van der Waals surface area contributed by atoms with Gasteiger partial charge in [-0.15, -0.1) is 0 Å². The number of ether oxygens (including phenoxy) is 2. The molecule has 3 nitrogen and oxygen atoms in total. The summed E-state index contributed by atoms with van der Waals surface area (Å²) < 4.78 is 10.9. The molecule has 0 saturated heterocycles. The van der Waals surface area contributed by atoms with Crippen molar-refractivity contribution in [1.29, 1.82) is 0 Å². The van der Waals surface area contributed by atoms with Gasteiger partial charge in [-0.1, -0.05) is 29.8 Å². The van der Waals surface area contributed by atoms with Gasteiger partial charge in [-0.3, -0.25) is 4.98 Å². The molecule has 0 N–H and O–H groups in total. The van der Waals surface area contributed by atoms with Crippen LogP contribution in [0.1, 0.15) is 5.56 Å². The number of rotatable bonds is 3. The number of aromatic nitrogens is 1. The van der Waals surface area contributed by atoms with Crippen LogP contribution in [0.2, 0.25) is 5.02 Å². The van der Waals surface area contributed by atoms with Crippen molar-refractivity contribution >= 4 is 11.6 Å². The number of methoxy groups -OCH3 is 1. The summed E-state index contributed by atoms with van der Waals surface area (Å²) >= 11 is 5.97. The normalized spacial score (nSPS) is 10.1. The summed E-state index contributed by atoms with van der Waals surface area (Å²) in [5.41, 5.74) is 1.04. The maximum absolute atomic E-state index is 5.97. The lowest BCUT2D eigenvalue weighted by Crippen LogP contribution is -1.93. The number of pyridine rings is 1. The van der Waals surface area contributed by atoms with E-state index in [1.54, 1.807) is 13.3 Å². The molecular formula is C13H12ClNO2. The molecule has 1 aromatic heterocycles. The van der Waals surface area contributed by atoms with Crippen molar-refractivity contribution in [3.63, 3.8) is 0 Å². The van der Waals surface area contributed by atoms with Crippen LogP contribution >= 0.6 is 11.6 Å². The van der Waals surface area contributed by atoms with Gasteiger partial charge in [0.15, 0.2) is 11.5 Å². The Morgan fingerprint density at radius 1 is 1.12 bits per heavy atom. The summed E-state index contributed by atoms with van der Waals surface area (Å²) in [6.07, 6.45) is 3.10. The second-order valence-electron chi connectivity index (χ2n) is 3.52. The molecule has 1 heterocycles. The number of nitrogens with zero attached hydrogens (tertiary/aromatic N) is 1. The fourth-order valence-electron chi connectivity index (χ4n) is 1.47. The molecule has 2 aromatic rings. The highest BCUT2D eigenvalue weighted by Gasteiger charge is 2.11. The number of para-hydroxylation sites is 1. The molecule has 2 rings (SSSR count). The summed E-state index contributed by atoms with van der Waals surface area (Å²) in [5, 5.41) is 0.429. The van der Waals surface area contributed by atoms with Crippen molar-refractivity contribution in [3.8, 4) is 17.2 Å². The Morgan fingerprint density at radius 3 is 2.59 bits per heavy atom. The van der Waals surface area contributed by atoms with E-state index in [-0.39, 0.29) is 0 Å². The van der Waals surface area contributed by atoms with E-state index in [0.29, 0.717) is 16.5 Å². The predicted molar refractivity (Wildman–Crippen MR) is 67.1 cm³/mol. The lowest BCUT2D eigenvalue weighted by molar-refractivity contribution is 0.377. The maximum Gasteiger partial charge on any atom is 0.189 e. The van der Waals surface area contributed by atoms with Crippen molar-refractivity contribution in [2.24, 2.45) is 0 Å². The first kappa shape index (κ1) is 11.7. The lowest BCUT2D eigenvalue weighted by Gasteiger charge is -2.12. The quantitative estimate of drug-likeness (QED) is 0.828. The summed E-state index contributed by atoms with van der Waals surface area (Å²) in [4.78, 5) is 3.98. The van der Waals surface area contributed by atoms with Crippen LogP contribution in [0.25, 0.3) is 0 Å². The standard InChI is InChI=1S/C13H12ClNO2/c1-9-5-3-4-6-11(9)17-12-8-15-7-10(14)13(12)16-2/h3-8H,1-2H3. The van der Waals surface area contributed by atoms with Gasteiger partial charge in [0.2, 0.25) is 0 Å². The zero-order chi connectivity index (χ0) is 12.3. The average Bonchev–Trinajstić information content (AvgIpc) is 2.32. The number of halogens is 1. The lowest BCUT2D eigenvalue weighted by atomic mass is 10.2. The minimum atomic E-state index is 0.429. The number of aryl methyl sites for hydroxylation is 1. The highest BCUT2D eigenvalue weighted by Crippen LogP contribution is 2.36. The van der Waals surface area contributed by atoms with Crippen molar-refractivity contribution < 1.29 is 9.47 Å². The summed E-state index contributed by atoms with van der Waals surface area (Å²) in [6, 6.07) is 7.72. The second kappa shape index (κ2) is 5.06. The van der Waals surface area contributed by atoms with Crippen LogP contribution in [-0.4, -0.2) is 12.1 Å². The minimum absolute atomic E-state index is 0.429. The van der Waals surface area contributed by atoms with E-state index in [1.807, 2.05) is 31.2 Å². The van der Waals surface area contributed by atoms with Crippen LogP contribution in [0.4, 0.5) is 0 Å². The molecule has 0 atom stereocenters. The smallest absolute Gasteiger partial charge is 0.189 e. The third-order valence-electron chi connectivity index (χ3n) is 2.34. The van der Waals surface area contributed by atoms with E-state index in [2.05, 4.69) is 4.98 Å². The monoisotopic (exact) mass is 249 g/mol. The molecule has 0 amide bonds.